The van der Waals surface area contributed by atoms with E-state index >= 15 is 0 Å². The van der Waals surface area contributed by atoms with E-state index in [-0.39, 0.29) is 25.5 Å². The smallest absolute Gasteiger partial charge is 0.463 e. The molecule has 0 saturated carbocycles. The molecule has 0 fully saturated rings. The number of esters is 1. The summed E-state index contributed by atoms with van der Waals surface area (Å²) in [5.41, 5.74) is 0. The highest BCUT2D eigenvalue weighted by Gasteiger charge is 2.23. The molecule has 0 spiro atoms. The number of aliphatic hydroxyl groups is 1. The first-order valence-corrected chi connectivity index (χ1v) is 22.8. The topological polar surface area (TPSA) is 131 Å². The number of rotatable bonds is 37. The van der Waals surface area contributed by atoms with E-state index in [1.165, 1.54) is 0 Å². The van der Waals surface area contributed by atoms with Crippen molar-refractivity contribution in [1.29, 1.82) is 0 Å². The molecule has 2 unspecified atom stereocenters. The largest absolute Gasteiger partial charge is 0.472 e. The Morgan fingerprint density at radius 1 is 0.542 bits per heavy atom. The van der Waals surface area contributed by atoms with Gasteiger partial charge in [-0.3, -0.25) is 18.6 Å². The fourth-order valence-electron chi connectivity index (χ4n) is 4.67. The Hall–Kier alpha value is -4.11. The lowest BCUT2D eigenvalue weighted by atomic mass is 10.2. The van der Waals surface area contributed by atoms with Crippen molar-refractivity contribution in [2.45, 2.75) is 123 Å². The third-order valence-corrected chi connectivity index (χ3v) is 8.78. The van der Waals surface area contributed by atoms with Crippen molar-refractivity contribution in [2.75, 3.05) is 26.4 Å². The van der Waals surface area contributed by atoms with Crippen LogP contribution in [0.25, 0.3) is 0 Å². The zero-order chi connectivity index (χ0) is 43.2. The Bertz CT molecular complexity index is 1460. The van der Waals surface area contributed by atoms with Crippen LogP contribution in [-0.2, 0) is 27.9 Å². The predicted octanol–water partition coefficient (Wildman–Crippen LogP) is 12.1. The Morgan fingerprint density at radius 3 is 1.32 bits per heavy atom. The molecule has 0 rings (SSSR count). The molecule has 0 aliphatic heterocycles. The second-order valence-electron chi connectivity index (χ2n) is 13.2. The lowest BCUT2D eigenvalue weighted by Gasteiger charge is -2.15. The number of nitrogens with one attached hydrogen (secondary N) is 1. The van der Waals surface area contributed by atoms with Crippen LogP contribution in [0.1, 0.15) is 117 Å². The lowest BCUT2D eigenvalue weighted by molar-refractivity contribution is -0.146. The summed E-state index contributed by atoms with van der Waals surface area (Å²) in [5.74, 6) is -0.726. The molecule has 0 aromatic carbocycles. The molecule has 0 aliphatic rings. The number of carbonyl (C=O) groups excluding carboxylic acids is 2. The fraction of sp³-hybridized carbons (Fsp3) is 0.469. The average Bonchev–Trinajstić information content (AvgIpc) is 3.22. The number of unbranched alkanes of at least 4 members (excludes halogenated alkanes) is 1. The minimum Gasteiger partial charge on any atom is -0.463 e. The van der Waals surface area contributed by atoms with Crippen molar-refractivity contribution in [1.82, 2.24) is 5.32 Å². The van der Waals surface area contributed by atoms with E-state index in [1.807, 2.05) is 12.2 Å². The second kappa shape index (κ2) is 43.5. The average molecular weight is 836 g/mol. The molecule has 59 heavy (non-hydrogen) atoms. The maximum absolute atomic E-state index is 12.1. The summed E-state index contributed by atoms with van der Waals surface area (Å²) in [4.78, 5) is 33.8. The van der Waals surface area contributed by atoms with Gasteiger partial charge < -0.3 is 20.1 Å². The van der Waals surface area contributed by atoms with E-state index in [0.29, 0.717) is 19.3 Å². The quantitative estimate of drug-likeness (QED) is 0.0244. The van der Waals surface area contributed by atoms with Crippen LogP contribution in [0.2, 0.25) is 0 Å². The Morgan fingerprint density at radius 2 is 0.915 bits per heavy atom. The van der Waals surface area contributed by atoms with Gasteiger partial charge >= 0.3 is 13.8 Å². The van der Waals surface area contributed by atoms with Gasteiger partial charge in [0.1, 0.15) is 12.7 Å². The van der Waals surface area contributed by atoms with Gasteiger partial charge in [0.15, 0.2) is 0 Å². The number of hydrogen-bond donors (Lipinski definition) is 3. The summed E-state index contributed by atoms with van der Waals surface area (Å²) in [6.07, 6.45) is 62.4. The number of hydrogen-bond acceptors (Lipinski definition) is 7. The van der Waals surface area contributed by atoms with E-state index in [4.69, 9.17) is 13.8 Å². The highest BCUT2D eigenvalue weighted by Crippen LogP contribution is 2.42. The number of allylic oxidation sites excluding steroid dienone is 23. The van der Waals surface area contributed by atoms with Crippen LogP contribution in [0.4, 0.5) is 0 Å². The molecule has 3 N–H and O–H groups in total. The molecular weight excluding hydrogens is 762 g/mol. The van der Waals surface area contributed by atoms with Crippen molar-refractivity contribution < 1.29 is 37.9 Å². The van der Waals surface area contributed by atoms with Gasteiger partial charge in [-0.1, -0.05) is 160 Å². The molecule has 0 aliphatic carbocycles. The number of carbonyl (C=O) groups is 2. The summed E-state index contributed by atoms with van der Waals surface area (Å²) < 4.78 is 26.7. The minimum atomic E-state index is -4.47. The number of phosphoric acid groups is 1. The fourth-order valence-corrected chi connectivity index (χ4v) is 5.43. The predicted molar refractivity (Wildman–Crippen MR) is 247 cm³/mol. The van der Waals surface area contributed by atoms with Crippen LogP contribution in [0, 0.1) is 0 Å². The first-order valence-electron chi connectivity index (χ1n) is 21.3. The molecule has 2 atom stereocenters. The van der Waals surface area contributed by atoms with Gasteiger partial charge in [0.25, 0.3) is 0 Å². The van der Waals surface area contributed by atoms with Crippen LogP contribution in [0.3, 0.4) is 0 Å². The van der Waals surface area contributed by atoms with Crippen LogP contribution >= 0.6 is 7.82 Å². The van der Waals surface area contributed by atoms with E-state index in [2.05, 4.69) is 147 Å². The molecule has 0 aromatic heterocycles. The second-order valence-corrected chi connectivity index (χ2v) is 14.7. The first kappa shape index (κ1) is 54.9. The normalized spacial score (nSPS) is 14.7. The number of amides is 1. The van der Waals surface area contributed by atoms with Crippen LogP contribution in [0.5, 0.6) is 0 Å². The number of ether oxygens (including phenoxy) is 1. The summed E-state index contributed by atoms with van der Waals surface area (Å²) in [6, 6.07) is 0. The number of aliphatic hydroxyl groups excluding tert-OH is 1. The first-order chi connectivity index (χ1) is 28.8. The number of phosphoric ester groups is 1. The monoisotopic (exact) mass is 836 g/mol. The Labute approximate surface area is 356 Å². The molecule has 1 amide bonds. The van der Waals surface area contributed by atoms with Crippen molar-refractivity contribution in [2.24, 2.45) is 0 Å². The van der Waals surface area contributed by atoms with E-state index < -0.39 is 33.1 Å². The van der Waals surface area contributed by atoms with Crippen molar-refractivity contribution >= 4 is 19.7 Å². The summed E-state index contributed by atoms with van der Waals surface area (Å²) in [7, 11) is -4.47. The molecule has 9 nitrogen and oxygen atoms in total. The van der Waals surface area contributed by atoms with Crippen LogP contribution in [0.15, 0.2) is 146 Å². The SMILES string of the molecule is CC/C=C\C/C=C\C/C=C\C/C=C\C/C=C\C/C=C\C/C=C\CC(=O)OCC(O)COP(=O)(O)OCCNC(=O)CCC/C=C\C/C=C\C/C=C\C/C=C\C/C=C\CC. The van der Waals surface area contributed by atoms with Gasteiger partial charge in [-0.15, -0.1) is 0 Å². The van der Waals surface area contributed by atoms with E-state index in [1.54, 1.807) is 6.08 Å². The van der Waals surface area contributed by atoms with Crippen molar-refractivity contribution in [3.05, 3.63) is 146 Å². The van der Waals surface area contributed by atoms with Gasteiger partial charge in [-0.25, -0.2) is 4.57 Å². The maximum Gasteiger partial charge on any atom is 0.472 e. The summed E-state index contributed by atoms with van der Waals surface area (Å²) in [6.45, 7) is 3.09. The highest BCUT2D eigenvalue weighted by molar-refractivity contribution is 7.47. The van der Waals surface area contributed by atoms with Crippen LogP contribution < -0.4 is 5.32 Å². The third kappa shape index (κ3) is 44.8. The van der Waals surface area contributed by atoms with Crippen molar-refractivity contribution in [3.63, 3.8) is 0 Å². The summed E-state index contributed by atoms with van der Waals surface area (Å²) in [5, 5.41) is 12.6. The lowest BCUT2D eigenvalue weighted by Crippen LogP contribution is -2.27. The van der Waals surface area contributed by atoms with Crippen LogP contribution in [-0.4, -0.2) is 54.3 Å². The highest BCUT2D eigenvalue weighted by atomic mass is 31.2. The maximum atomic E-state index is 12.1. The molecule has 10 heteroatoms. The van der Waals surface area contributed by atoms with Gasteiger partial charge in [-0.2, -0.15) is 0 Å². The van der Waals surface area contributed by atoms with Gasteiger partial charge in [0.05, 0.1) is 19.6 Å². The van der Waals surface area contributed by atoms with Gasteiger partial charge in [0.2, 0.25) is 5.91 Å². The molecule has 0 saturated heterocycles. The summed E-state index contributed by atoms with van der Waals surface area (Å²) >= 11 is 0. The molecule has 0 heterocycles. The Balaban J connectivity index is 3.85. The zero-order valence-electron chi connectivity index (χ0n) is 35.9. The molecule has 328 valence electrons. The standard InChI is InChI=1S/C49H74NO8P/c1-3-5-7-9-11-13-15-17-19-21-22-23-24-26-28-30-32-34-36-38-40-42-49(53)56-45-47(51)46-58-59(54,55)57-44-43-50-48(52)41-39-37-35-33-31-29-27-25-20-18-16-14-12-10-8-6-4-2/h5-8,11-14,17-20,22-23,26-29,32-35,38,40,47,51H,3-4,9-10,15-16,21,24-25,30-31,36-37,39,41-46H2,1-2H3,(H,50,52)(H,54,55)/b7-5-,8-6-,13-11-,14-12-,19-17-,20-18-,23-22-,28-26-,29-27-,34-32-,35-33-,40-38-. The third-order valence-electron chi connectivity index (χ3n) is 7.80. The minimum absolute atomic E-state index is 0.0300. The molecular formula is C49H74NO8P. The molecule has 0 bridgehead atoms. The molecule has 0 aromatic rings. The van der Waals surface area contributed by atoms with Gasteiger partial charge in [0, 0.05) is 13.0 Å². The van der Waals surface area contributed by atoms with Gasteiger partial charge in [-0.05, 0) is 89.9 Å². The molecule has 0 radical (unpaired) electrons. The van der Waals surface area contributed by atoms with E-state index in [0.717, 1.165) is 77.0 Å². The van der Waals surface area contributed by atoms with Crippen molar-refractivity contribution in [3.8, 4) is 0 Å². The Kier molecular flexibility index (Phi) is 40.4. The van der Waals surface area contributed by atoms with E-state index in [9.17, 15) is 24.2 Å². The zero-order valence-corrected chi connectivity index (χ0v) is 36.8.